The Morgan fingerprint density at radius 2 is 1.40 bits per heavy atom. The number of guanidine groups is 1. The van der Waals surface area contributed by atoms with Crippen molar-refractivity contribution in [3.63, 3.8) is 0 Å². The summed E-state index contributed by atoms with van der Waals surface area (Å²) in [5, 5.41) is 39.0. The molecule has 0 saturated carbocycles. The molecule has 202 valence electrons. The Kier molecular flexibility index (Phi) is 22.3. The van der Waals surface area contributed by atoms with Crippen LogP contribution in [0.15, 0.2) is 4.99 Å². The summed E-state index contributed by atoms with van der Waals surface area (Å²) in [5.41, 5.74) is 10.4. The first kappa shape index (κ1) is 35.6. The molecule has 0 aliphatic carbocycles. The van der Waals surface area contributed by atoms with Gasteiger partial charge in [0.15, 0.2) is 5.96 Å². The van der Waals surface area contributed by atoms with Gasteiger partial charge in [-0.1, -0.05) is 0 Å². The molecule has 35 heavy (non-hydrogen) atoms. The van der Waals surface area contributed by atoms with Gasteiger partial charge in [0, 0.05) is 40.0 Å². The summed E-state index contributed by atoms with van der Waals surface area (Å²) in [6.07, 6.45) is 0.146. The van der Waals surface area contributed by atoms with Gasteiger partial charge in [-0.05, 0) is 19.8 Å². The standard InChI is InChI=1S/C16H28N6O7.C2H4O2.CH4O/c1-9(15(28)29)21-14(27)10(8-13(25)26)22-12(24)5-4-11(23)19-6-2-3-7-20-16(17)18;1-2(3)4;1-2/h9-10H,2-8H2,1H3,(H,19,23)(H,21,27)(H,22,24)(H,25,26)(H,28,29)(H4,17,18,20);1H3,(H,3,4);2H,1H3/t9?,10-;;/m0../s1. The molecule has 2 atom stereocenters. The zero-order valence-corrected chi connectivity index (χ0v) is 19.9. The predicted octanol–water partition coefficient (Wildman–Crippen LogP) is -2.82. The molecule has 0 bridgehead atoms. The molecule has 16 nitrogen and oxygen atoms in total. The van der Waals surface area contributed by atoms with Crippen molar-refractivity contribution in [2.24, 2.45) is 16.5 Å². The monoisotopic (exact) mass is 508 g/mol. The molecule has 0 aromatic rings. The molecule has 0 aromatic carbocycles. The van der Waals surface area contributed by atoms with E-state index in [9.17, 15) is 24.0 Å². The molecule has 0 aliphatic rings. The molecule has 0 heterocycles. The highest BCUT2D eigenvalue weighted by molar-refractivity contribution is 5.93. The van der Waals surface area contributed by atoms with Gasteiger partial charge in [0.05, 0.1) is 6.42 Å². The van der Waals surface area contributed by atoms with Crippen molar-refractivity contribution in [1.82, 2.24) is 16.0 Å². The summed E-state index contributed by atoms with van der Waals surface area (Å²) in [6.45, 7) is 3.09. The zero-order chi connectivity index (χ0) is 28.0. The van der Waals surface area contributed by atoms with Gasteiger partial charge in [-0.15, -0.1) is 0 Å². The Morgan fingerprint density at radius 1 is 0.886 bits per heavy atom. The topological polar surface area (TPSA) is 284 Å². The minimum atomic E-state index is -1.46. The van der Waals surface area contributed by atoms with E-state index in [4.69, 9.17) is 36.7 Å². The maximum Gasteiger partial charge on any atom is 0.325 e. The number of aliphatic imine (C=N–C) groups is 1. The number of aliphatic hydroxyl groups excluding tert-OH is 1. The zero-order valence-electron chi connectivity index (χ0n) is 19.9. The number of hydrogen-bond donors (Lipinski definition) is 9. The number of aliphatic carboxylic acids is 3. The van der Waals surface area contributed by atoms with E-state index in [-0.39, 0.29) is 24.7 Å². The highest BCUT2D eigenvalue weighted by Crippen LogP contribution is 1.98. The second kappa shape index (κ2) is 21.9. The van der Waals surface area contributed by atoms with Gasteiger partial charge in [0.25, 0.3) is 5.97 Å². The maximum atomic E-state index is 12.0. The summed E-state index contributed by atoms with van der Waals surface area (Å²) in [4.78, 5) is 70.1. The molecular formula is C19H36N6O10. The number of carboxylic acid groups (broad SMARTS) is 3. The van der Waals surface area contributed by atoms with Crippen LogP contribution in [-0.2, 0) is 28.8 Å². The quantitative estimate of drug-likeness (QED) is 0.0652. The van der Waals surface area contributed by atoms with Gasteiger partial charge < -0.3 is 47.8 Å². The van der Waals surface area contributed by atoms with Crippen LogP contribution in [0.5, 0.6) is 0 Å². The van der Waals surface area contributed by atoms with E-state index in [0.29, 0.717) is 25.9 Å². The van der Waals surface area contributed by atoms with Gasteiger partial charge in [-0.25, -0.2) is 0 Å². The Bertz CT molecular complexity index is 721. The Morgan fingerprint density at radius 3 is 1.86 bits per heavy atom. The number of carbonyl (C=O) groups excluding carboxylic acids is 3. The van der Waals surface area contributed by atoms with Crippen LogP contribution < -0.4 is 27.4 Å². The third-order valence-corrected chi connectivity index (χ3v) is 3.54. The van der Waals surface area contributed by atoms with Crippen LogP contribution in [0, 0.1) is 0 Å². The van der Waals surface area contributed by atoms with Crippen molar-refractivity contribution in [3.8, 4) is 0 Å². The summed E-state index contributed by atoms with van der Waals surface area (Å²) in [5.74, 6) is -5.55. The number of carbonyl (C=O) groups is 6. The highest BCUT2D eigenvalue weighted by atomic mass is 16.4. The van der Waals surface area contributed by atoms with Crippen LogP contribution in [-0.4, -0.2) is 94.3 Å². The van der Waals surface area contributed by atoms with Crippen LogP contribution in [0.3, 0.4) is 0 Å². The minimum absolute atomic E-state index is 0.00708. The molecule has 0 radical (unpaired) electrons. The van der Waals surface area contributed by atoms with Gasteiger partial charge in [-0.2, -0.15) is 0 Å². The second-order valence-electron chi connectivity index (χ2n) is 6.67. The Hall–Kier alpha value is -3.95. The predicted molar refractivity (Wildman–Crippen MR) is 123 cm³/mol. The fourth-order valence-electron chi connectivity index (χ4n) is 2.01. The maximum absolute atomic E-state index is 12.0. The third kappa shape index (κ3) is 26.2. The molecule has 16 heteroatoms. The number of unbranched alkanes of at least 4 members (excludes halogenated alkanes) is 1. The molecule has 11 N–H and O–H groups in total. The number of carboxylic acids is 3. The van der Waals surface area contributed by atoms with Crippen molar-refractivity contribution in [1.29, 1.82) is 0 Å². The first-order valence-electron chi connectivity index (χ1n) is 10.3. The summed E-state index contributed by atoms with van der Waals surface area (Å²) in [7, 11) is 1.00. The first-order chi connectivity index (χ1) is 16.3. The lowest BCUT2D eigenvalue weighted by molar-refractivity contribution is -0.143. The van der Waals surface area contributed by atoms with Crippen LogP contribution in [0.25, 0.3) is 0 Å². The number of nitrogens with zero attached hydrogens (tertiary/aromatic N) is 1. The lowest BCUT2D eigenvalue weighted by atomic mass is 10.1. The molecule has 1 unspecified atom stereocenters. The van der Waals surface area contributed by atoms with E-state index in [0.717, 1.165) is 14.0 Å². The molecule has 0 rings (SSSR count). The average Bonchev–Trinajstić information content (AvgIpc) is 2.74. The highest BCUT2D eigenvalue weighted by Gasteiger charge is 2.26. The number of nitrogens with one attached hydrogen (secondary N) is 3. The molecule has 0 spiro atoms. The smallest absolute Gasteiger partial charge is 0.325 e. The molecule has 0 aromatic heterocycles. The number of rotatable bonds is 14. The lowest BCUT2D eigenvalue weighted by Gasteiger charge is -2.18. The summed E-state index contributed by atoms with van der Waals surface area (Å²) >= 11 is 0. The number of nitrogens with two attached hydrogens (primary N) is 2. The van der Waals surface area contributed by atoms with Crippen molar-refractivity contribution in [2.75, 3.05) is 20.2 Å². The van der Waals surface area contributed by atoms with E-state index in [1.54, 1.807) is 0 Å². The lowest BCUT2D eigenvalue weighted by Crippen LogP contribution is -2.51. The van der Waals surface area contributed by atoms with Crippen LogP contribution >= 0.6 is 0 Å². The van der Waals surface area contributed by atoms with E-state index >= 15 is 0 Å². The third-order valence-electron chi connectivity index (χ3n) is 3.54. The van der Waals surface area contributed by atoms with Gasteiger partial charge in [0.2, 0.25) is 17.7 Å². The molecule has 0 saturated heterocycles. The van der Waals surface area contributed by atoms with E-state index in [1.165, 1.54) is 6.92 Å². The normalized spacial score (nSPS) is 11.0. The second-order valence-corrected chi connectivity index (χ2v) is 6.67. The van der Waals surface area contributed by atoms with Crippen LogP contribution in [0.2, 0.25) is 0 Å². The molecule has 0 aliphatic heterocycles. The minimum Gasteiger partial charge on any atom is -0.481 e. The van der Waals surface area contributed by atoms with E-state index in [1.807, 2.05) is 0 Å². The number of aliphatic hydroxyl groups is 1. The fraction of sp³-hybridized carbons (Fsp3) is 0.632. The van der Waals surface area contributed by atoms with Gasteiger partial charge in [0.1, 0.15) is 12.1 Å². The number of hydrogen-bond acceptors (Lipinski definition) is 8. The van der Waals surface area contributed by atoms with Crippen molar-refractivity contribution in [2.45, 2.75) is 58.0 Å². The van der Waals surface area contributed by atoms with Gasteiger partial charge >= 0.3 is 11.9 Å². The van der Waals surface area contributed by atoms with Crippen LogP contribution in [0.1, 0.15) is 46.0 Å². The van der Waals surface area contributed by atoms with E-state index in [2.05, 4.69) is 20.9 Å². The first-order valence-corrected chi connectivity index (χ1v) is 10.3. The van der Waals surface area contributed by atoms with Crippen molar-refractivity contribution in [3.05, 3.63) is 0 Å². The van der Waals surface area contributed by atoms with Crippen LogP contribution in [0.4, 0.5) is 0 Å². The summed E-state index contributed by atoms with van der Waals surface area (Å²) in [6, 6.07) is -2.71. The Labute approximate surface area is 202 Å². The molecule has 0 fully saturated rings. The largest absolute Gasteiger partial charge is 0.481 e. The Balaban J connectivity index is -0.00000153. The fourth-order valence-corrected chi connectivity index (χ4v) is 2.01. The van der Waals surface area contributed by atoms with E-state index < -0.39 is 48.2 Å². The average molecular weight is 509 g/mol. The SMILES string of the molecule is CC(=O)O.CC(NC(=O)[C@H](CC(=O)O)NC(=O)CCC(=O)NCCCCN=C(N)N)C(=O)O.CO. The van der Waals surface area contributed by atoms with Crippen molar-refractivity contribution >= 4 is 41.6 Å². The molecule has 3 amide bonds. The van der Waals surface area contributed by atoms with Crippen molar-refractivity contribution < 1.29 is 49.2 Å². The summed E-state index contributed by atoms with van der Waals surface area (Å²) < 4.78 is 0. The van der Waals surface area contributed by atoms with Gasteiger partial charge in [-0.3, -0.25) is 33.8 Å². The number of amides is 3. The molecular weight excluding hydrogens is 472 g/mol.